The predicted molar refractivity (Wildman–Crippen MR) is 223 cm³/mol. The zero-order valence-corrected chi connectivity index (χ0v) is 35.4. The van der Waals surface area contributed by atoms with E-state index < -0.39 is 26.6 Å². The minimum Gasteiger partial charge on any atom is -0.391 e. The van der Waals surface area contributed by atoms with E-state index in [4.69, 9.17) is 0 Å². The molecule has 0 saturated carbocycles. The number of hydrogen-bond acceptors (Lipinski definition) is 4. The van der Waals surface area contributed by atoms with E-state index in [1.807, 2.05) is 0 Å². The molecule has 0 aliphatic heterocycles. The molecule has 0 rings (SSSR count). The normalized spacial score (nSPS) is 13.2. The molecule has 1 amide bonds. The van der Waals surface area contributed by atoms with Crippen molar-refractivity contribution in [2.24, 2.45) is 0 Å². The fraction of sp³-hybridized carbons (Fsp3) is 0.932. The quantitative estimate of drug-likeness (QED) is 0.0280. The molecule has 0 aromatic carbocycles. The van der Waals surface area contributed by atoms with E-state index in [2.05, 4.69) is 35.8 Å². The Morgan fingerprint density at radius 1 is 0.538 bits per heavy atom. The summed E-state index contributed by atoms with van der Waals surface area (Å²) in [6, 6.07) is -0.820. The predicted octanol–water partition coefficient (Wildman–Crippen LogP) is 13.6. The first kappa shape index (κ1) is 51.3. The lowest BCUT2D eigenvalue weighted by molar-refractivity contribution is -0.123. The standard InChI is InChI=1S/C44H88NO6P/c1-3-5-7-9-11-13-15-17-18-19-20-21-22-23-24-25-26-28-30-32-34-36-38-40-44(47)45-42(41-51-52(48,49)50)43(46)39-37-35-33-31-29-27-16-14-12-10-8-6-4-2/h17-18,42-43,46H,3-16,19-41H2,1-2H3,(H,45,47)(H2,48,49,50)/b18-17-/t42-,43+/m0/s1. The molecule has 0 aromatic heterocycles. The summed E-state index contributed by atoms with van der Waals surface area (Å²) in [5.41, 5.74) is 0. The third-order valence-corrected chi connectivity index (χ3v) is 11.0. The van der Waals surface area contributed by atoms with E-state index in [9.17, 15) is 24.3 Å². The molecule has 0 heterocycles. The molecule has 0 saturated heterocycles. The molecule has 52 heavy (non-hydrogen) atoms. The fourth-order valence-electron chi connectivity index (χ4n) is 7.05. The van der Waals surface area contributed by atoms with Gasteiger partial charge in [0.2, 0.25) is 5.91 Å². The van der Waals surface area contributed by atoms with Gasteiger partial charge in [-0.2, -0.15) is 0 Å². The highest BCUT2D eigenvalue weighted by Crippen LogP contribution is 2.36. The van der Waals surface area contributed by atoms with E-state index >= 15 is 0 Å². The zero-order chi connectivity index (χ0) is 38.2. The average molecular weight is 758 g/mol. The van der Waals surface area contributed by atoms with Crippen LogP contribution >= 0.6 is 7.82 Å². The monoisotopic (exact) mass is 758 g/mol. The molecule has 0 bridgehead atoms. The number of carbonyl (C=O) groups excluding carboxylic acids is 1. The van der Waals surface area contributed by atoms with Crippen molar-refractivity contribution >= 4 is 13.7 Å². The van der Waals surface area contributed by atoms with Crippen molar-refractivity contribution in [3.8, 4) is 0 Å². The fourth-order valence-corrected chi connectivity index (χ4v) is 7.40. The molecular formula is C44H88NO6P. The number of amides is 1. The molecule has 0 aromatic rings. The molecular weight excluding hydrogens is 669 g/mol. The molecule has 2 atom stereocenters. The number of phosphoric ester groups is 1. The molecule has 310 valence electrons. The molecule has 0 aliphatic rings. The molecule has 7 nitrogen and oxygen atoms in total. The Hall–Kier alpha value is -0.720. The first-order valence-corrected chi connectivity index (χ1v) is 24.2. The lowest BCUT2D eigenvalue weighted by Gasteiger charge is -2.24. The molecule has 0 radical (unpaired) electrons. The molecule has 8 heteroatoms. The van der Waals surface area contributed by atoms with Crippen molar-refractivity contribution in [3.05, 3.63) is 12.2 Å². The van der Waals surface area contributed by atoms with Gasteiger partial charge in [-0.1, -0.05) is 212 Å². The number of allylic oxidation sites excluding steroid dienone is 2. The van der Waals surface area contributed by atoms with Gasteiger partial charge in [0.25, 0.3) is 0 Å². The summed E-state index contributed by atoms with van der Waals surface area (Å²) in [4.78, 5) is 31.0. The third-order valence-electron chi connectivity index (χ3n) is 10.5. The van der Waals surface area contributed by atoms with Gasteiger partial charge in [0.1, 0.15) is 0 Å². The van der Waals surface area contributed by atoms with Crippen molar-refractivity contribution in [3.63, 3.8) is 0 Å². The van der Waals surface area contributed by atoms with Gasteiger partial charge in [-0.15, -0.1) is 0 Å². The second-order valence-electron chi connectivity index (χ2n) is 15.7. The number of phosphoric acid groups is 1. The second-order valence-corrected chi connectivity index (χ2v) is 17.0. The summed E-state index contributed by atoms with van der Waals surface area (Å²) in [6.45, 7) is 4.13. The van der Waals surface area contributed by atoms with Crippen LogP contribution in [0.5, 0.6) is 0 Å². The van der Waals surface area contributed by atoms with Gasteiger partial charge in [-0.05, 0) is 38.5 Å². The molecule has 0 aliphatic carbocycles. The van der Waals surface area contributed by atoms with E-state index in [1.54, 1.807) is 0 Å². The maximum atomic E-state index is 12.6. The number of nitrogens with one attached hydrogen (secondary N) is 1. The number of rotatable bonds is 42. The molecule has 0 unspecified atom stereocenters. The van der Waals surface area contributed by atoms with E-state index in [1.165, 1.54) is 180 Å². The minimum absolute atomic E-state index is 0.191. The Bertz CT molecular complexity index is 819. The van der Waals surface area contributed by atoms with Gasteiger partial charge >= 0.3 is 7.82 Å². The Morgan fingerprint density at radius 2 is 0.865 bits per heavy atom. The summed E-state index contributed by atoms with van der Waals surface area (Å²) in [5.74, 6) is -0.191. The largest absolute Gasteiger partial charge is 0.469 e. The van der Waals surface area contributed by atoms with Gasteiger partial charge in [-0.25, -0.2) is 4.57 Å². The maximum Gasteiger partial charge on any atom is 0.469 e. The van der Waals surface area contributed by atoms with Gasteiger partial charge in [-0.3, -0.25) is 9.32 Å². The smallest absolute Gasteiger partial charge is 0.391 e. The zero-order valence-electron chi connectivity index (χ0n) is 34.5. The average Bonchev–Trinajstić information content (AvgIpc) is 3.11. The van der Waals surface area contributed by atoms with Gasteiger partial charge in [0.05, 0.1) is 18.8 Å². The Kier molecular flexibility index (Phi) is 39.4. The topological polar surface area (TPSA) is 116 Å². The lowest BCUT2D eigenvalue weighted by atomic mass is 10.0. The van der Waals surface area contributed by atoms with E-state index in [0.29, 0.717) is 12.8 Å². The number of hydrogen-bond donors (Lipinski definition) is 4. The van der Waals surface area contributed by atoms with Crippen molar-refractivity contribution in [2.75, 3.05) is 6.61 Å². The second kappa shape index (κ2) is 40.0. The summed E-state index contributed by atoms with van der Waals surface area (Å²) in [6.07, 6.45) is 47.8. The maximum absolute atomic E-state index is 12.6. The van der Waals surface area contributed by atoms with Crippen LogP contribution in [0.4, 0.5) is 0 Å². The number of unbranched alkanes of at least 4 members (excludes halogenated alkanes) is 31. The van der Waals surface area contributed by atoms with Crippen molar-refractivity contribution < 1.29 is 28.8 Å². The van der Waals surface area contributed by atoms with Crippen LogP contribution in [0.2, 0.25) is 0 Å². The SMILES string of the molecule is CCCCCCCC/C=C\CCCCCCCCCCCCCCCC(=O)N[C@@H](COP(=O)(O)O)[C@H](O)CCCCCCCCCCCCCCC. The van der Waals surface area contributed by atoms with Crippen LogP contribution in [-0.4, -0.2) is 39.6 Å². The highest BCUT2D eigenvalue weighted by atomic mass is 31.2. The first-order valence-electron chi connectivity index (χ1n) is 22.6. The Labute approximate surface area is 322 Å². The Balaban J connectivity index is 3.80. The molecule has 4 N–H and O–H groups in total. The van der Waals surface area contributed by atoms with Crippen LogP contribution in [-0.2, 0) is 13.9 Å². The van der Waals surface area contributed by atoms with Crippen molar-refractivity contribution in [1.29, 1.82) is 0 Å². The highest BCUT2D eigenvalue weighted by molar-refractivity contribution is 7.46. The van der Waals surface area contributed by atoms with E-state index in [-0.39, 0.29) is 5.91 Å². The number of carbonyl (C=O) groups is 1. The summed E-state index contributed by atoms with van der Waals surface area (Å²) in [7, 11) is -4.69. The lowest BCUT2D eigenvalue weighted by Crippen LogP contribution is -2.46. The van der Waals surface area contributed by atoms with Gasteiger partial charge < -0.3 is 20.2 Å². The first-order chi connectivity index (χ1) is 25.3. The van der Waals surface area contributed by atoms with Crippen LogP contribution in [0.1, 0.15) is 245 Å². The van der Waals surface area contributed by atoms with Crippen LogP contribution in [0.25, 0.3) is 0 Å². The van der Waals surface area contributed by atoms with Gasteiger partial charge in [0, 0.05) is 6.42 Å². The number of aliphatic hydroxyl groups excluding tert-OH is 1. The summed E-state index contributed by atoms with van der Waals surface area (Å²) >= 11 is 0. The summed E-state index contributed by atoms with van der Waals surface area (Å²) in [5, 5.41) is 13.5. The molecule has 0 spiro atoms. The summed E-state index contributed by atoms with van der Waals surface area (Å²) < 4.78 is 16.0. The third kappa shape index (κ3) is 40.5. The van der Waals surface area contributed by atoms with Crippen molar-refractivity contribution in [2.45, 2.75) is 257 Å². The van der Waals surface area contributed by atoms with Gasteiger partial charge in [0.15, 0.2) is 0 Å². The van der Waals surface area contributed by atoms with Crippen LogP contribution in [0, 0.1) is 0 Å². The van der Waals surface area contributed by atoms with Crippen LogP contribution in [0.15, 0.2) is 12.2 Å². The van der Waals surface area contributed by atoms with E-state index in [0.717, 1.165) is 38.5 Å². The number of aliphatic hydroxyl groups is 1. The minimum atomic E-state index is -4.69. The van der Waals surface area contributed by atoms with Crippen LogP contribution < -0.4 is 5.32 Å². The highest BCUT2D eigenvalue weighted by Gasteiger charge is 2.25. The van der Waals surface area contributed by atoms with Crippen molar-refractivity contribution in [1.82, 2.24) is 5.32 Å². The molecule has 0 fully saturated rings. The Morgan fingerprint density at radius 3 is 1.23 bits per heavy atom. The van der Waals surface area contributed by atoms with Crippen LogP contribution in [0.3, 0.4) is 0 Å².